The first-order valence-corrected chi connectivity index (χ1v) is 7.81. The molecule has 1 atom stereocenters. The Morgan fingerprint density at radius 3 is 2.83 bits per heavy atom. The van der Waals surface area contributed by atoms with Gasteiger partial charge >= 0.3 is 0 Å². The third-order valence-corrected chi connectivity index (χ3v) is 3.75. The Morgan fingerprint density at radius 2 is 2.17 bits per heavy atom. The van der Waals surface area contributed by atoms with Gasteiger partial charge in [-0.3, -0.25) is 9.59 Å². The molecule has 0 spiro atoms. The lowest BCUT2D eigenvalue weighted by Crippen LogP contribution is -2.45. The average molecular weight is 333 g/mol. The van der Waals surface area contributed by atoms with Gasteiger partial charge < -0.3 is 25.8 Å². The first-order valence-electron chi connectivity index (χ1n) is 7.81. The van der Waals surface area contributed by atoms with E-state index in [0.717, 1.165) is 24.9 Å². The highest BCUT2D eigenvalue weighted by atomic mass is 16.5. The molecule has 1 saturated heterocycles. The Kier molecular flexibility index (Phi) is 6.20. The molecule has 0 aliphatic carbocycles. The van der Waals surface area contributed by atoms with Crippen molar-refractivity contribution in [1.29, 1.82) is 0 Å². The predicted molar refractivity (Wildman–Crippen MR) is 90.5 cm³/mol. The second-order valence-corrected chi connectivity index (χ2v) is 5.69. The highest BCUT2D eigenvalue weighted by molar-refractivity contribution is 5.92. The SMILES string of the molecule is COc1cc(C=CC(=O)N2CCCC(N)C2)ccc1OCC(N)=O. The molecule has 0 aromatic heterocycles. The van der Waals surface area contributed by atoms with Crippen LogP contribution in [0, 0.1) is 0 Å². The second kappa shape index (κ2) is 8.35. The third kappa shape index (κ3) is 4.99. The van der Waals surface area contributed by atoms with Gasteiger partial charge in [0.1, 0.15) is 0 Å². The molecule has 24 heavy (non-hydrogen) atoms. The van der Waals surface area contributed by atoms with Crippen molar-refractivity contribution >= 4 is 17.9 Å². The molecule has 4 N–H and O–H groups in total. The van der Waals surface area contributed by atoms with Crippen LogP contribution in [0.25, 0.3) is 6.08 Å². The Morgan fingerprint density at radius 1 is 1.38 bits per heavy atom. The molecule has 7 heteroatoms. The van der Waals surface area contributed by atoms with Gasteiger partial charge in [0.25, 0.3) is 5.91 Å². The monoisotopic (exact) mass is 333 g/mol. The van der Waals surface area contributed by atoms with Gasteiger partial charge in [0.05, 0.1) is 7.11 Å². The van der Waals surface area contributed by atoms with Crippen LogP contribution in [0.4, 0.5) is 0 Å². The van der Waals surface area contributed by atoms with E-state index >= 15 is 0 Å². The van der Waals surface area contributed by atoms with Crippen molar-refractivity contribution in [2.24, 2.45) is 11.5 Å². The first-order chi connectivity index (χ1) is 11.5. The number of likely N-dealkylation sites (tertiary alicyclic amines) is 1. The smallest absolute Gasteiger partial charge is 0.255 e. The zero-order valence-corrected chi connectivity index (χ0v) is 13.7. The van der Waals surface area contributed by atoms with Gasteiger partial charge in [0, 0.05) is 25.2 Å². The molecule has 1 unspecified atom stereocenters. The Bertz CT molecular complexity index is 630. The minimum absolute atomic E-state index is 0.0536. The van der Waals surface area contributed by atoms with Crippen LogP contribution in [0.5, 0.6) is 11.5 Å². The number of piperidine rings is 1. The summed E-state index contributed by atoms with van der Waals surface area (Å²) in [4.78, 5) is 24.7. The van der Waals surface area contributed by atoms with E-state index in [9.17, 15) is 9.59 Å². The summed E-state index contributed by atoms with van der Waals surface area (Å²) in [5.74, 6) is 0.261. The molecular formula is C17H23N3O4. The fourth-order valence-electron chi connectivity index (χ4n) is 2.54. The number of primary amides is 1. The van der Waals surface area contributed by atoms with Crippen LogP contribution in [-0.2, 0) is 9.59 Å². The van der Waals surface area contributed by atoms with E-state index in [4.69, 9.17) is 20.9 Å². The van der Waals surface area contributed by atoms with Crippen LogP contribution in [-0.4, -0.2) is 49.6 Å². The average Bonchev–Trinajstić information content (AvgIpc) is 2.58. The molecule has 130 valence electrons. The van der Waals surface area contributed by atoms with Crippen LogP contribution in [0.15, 0.2) is 24.3 Å². The molecule has 1 aliphatic rings. The maximum absolute atomic E-state index is 12.2. The van der Waals surface area contributed by atoms with Crippen molar-refractivity contribution in [2.75, 3.05) is 26.8 Å². The summed E-state index contributed by atoms with van der Waals surface area (Å²) in [7, 11) is 1.50. The quantitative estimate of drug-likeness (QED) is 0.738. The number of carbonyl (C=O) groups is 2. The standard InChI is InChI=1S/C17H23N3O4/c1-23-15-9-12(4-6-14(15)24-11-16(19)21)5-7-17(22)20-8-2-3-13(18)10-20/h4-7,9,13H,2-3,8,10-11,18H2,1H3,(H2,19,21). The van der Waals surface area contributed by atoms with Crippen LogP contribution < -0.4 is 20.9 Å². The summed E-state index contributed by atoms with van der Waals surface area (Å²) >= 11 is 0. The van der Waals surface area contributed by atoms with Crippen molar-refractivity contribution < 1.29 is 19.1 Å². The summed E-state index contributed by atoms with van der Waals surface area (Å²) in [5, 5.41) is 0. The van der Waals surface area contributed by atoms with Crippen LogP contribution >= 0.6 is 0 Å². The van der Waals surface area contributed by atoms with E-state index < -0.39 is 5.91 Å². The van der Waals surface area contributed by atoms with Gasteiger partial charge in [0.2, 0.25) is 5.91 Å². The molecular weight excluding hydrogens is 310 g/mol. The predicted octanol–water partition coefficient (Wildman–Crippen LogP) is 0.522. The van der Waals surface area contributed by atoms with Crippen molar-refractivity contribution in [3.8, 4) is 11.5 Å². The highest BCUT2D eigenvalue weighted by Gasteiger charge is 2.19. The molecule has 1 aliphatic heterocycles. The lowest BCUT2D eigenvalue weighted by atomic mass is 10.1. The van der Waals surface area contributed by atoms with Crippen molar-refractivity contribution in [2.45, 2.75) is 18.9 Å². The zero-order chi connectivity index (χ0) is 17.5. The number of hydrogen-bond acceptors (Lipinski definition) is 5. The van der Waals surface area contributed by atoms with Crippen molar-refractivity contribution in [3.63, 3.8) is 0 Å². The van der Waals surface area contributed by atoms with Gasteiger partial charge in [0.15, 0.2) is 18.1 Å². The molecule has 1 heterocycles. The number of benzene rings is 1. The molecule has 7 nitrogen and oxygen atoms in total. The zero-order valence-electron chi connectivity index (χ0n) is 13.7. The van der Waals surface area contributed by atoms with Crippen molar-refractivity contribution in [3.05, 3.63) is 29.8 Å². The molecule has 2 rings (SSSR count). The minimum atomic E-state index is -0.564. The highest BCUT2D eigenvalue weighted by Crippen LogP contribution is 2.28. The van der Waals surface area contributed by atoms with E-state index in [1.54, 1.807) is 29.2 Å². The van der Waals surface area contributed by atoms with E-state index in [0.29, 0.717) is 18.0 Å². The third-order valence-electron chi connectivity index (χ3n) is 3.75. The van der Waals surface area contributed by atoms with Crippen LogP contribution in [0.1, 0.15) is 18.4 Å². The van der Waals surface area contributed by atoms with Gasteiger partial charge in [-0.05, 0) is 36.6 Å². The van der Waals surface area contributed by atoms with E-state index in [1.807, 2.05) is 0 Å². The first kappa shape index (κ1) is 17.8. The minimum Gasteiger partial charge on any atom is -0.493 e. The molecule has 1 aromatic carbocycles. The number of hydrogen-bond donors (Lipinski definition) is 2. The van der Waals surface area contributed by atoms with Gasteiger partial charge in [-0.25, -0.2) is 0 Å². The molecule has 0 bridgehead atoms. The Labute approximate surface area is 141 Å². The molecule has 0 radical (unpaired) electrons. The molecule has 0 saturated carbocycles. The number of nitrogens with two attached hydrogens (primary N) is 2. The second-order valence-electron chi connectivity index (χ2n) is 5.69. The van der Waals surface area contributed by atoms with E-state index in [-0.39, 0.29) is 18.6 Å². The van der Waals surface area contributed by atoms with Crippen molar-refractivity contribution in [1.82, 2.24) is 4.90 Å². The lowest BCUT2D eigenvalue weighted by Gasteiger charge is -2.29. The van der Waals surface area contributed by atoms with Gasteiger partial charge in [-0.2, -0.15) is 0 Å². The number of carbonyl (C=O) groups excluding carboxylic acids is 2. The number of ether oxygens (including phenoxy) is 2. The number of rotatable bonds is 6. The Balaban J connectivity index is 2.03. The summed E-state index contributed by atoms with van der Waals surface area (Å²) in [6.45, 7) is 1.10. The normalized spacial score (nSPS) is 17.8. The molecule has 1 fully saturated rings. The molecule has 1 aromatic rings. The summed E-state index contributed by atoms with van der Waals surface area (Å²) in [6.07, 6.45) is 5.12. The maximum atomic E-state index is 12.2. The fraction of sp³-hybridized carbons (Fsp3) is 0.412. The fourth-order valence-corrected chi connectivity index (χ4v) is 2.54. The summed E-state index contributed by atoms with van der Waals surface area (Å²) in [6, 6.07) is 5.22. The Hall–Kier alpha value is -2.54. The van der Waals surface area contributed by atoms with E-state index in [2.05, 4.69) is 0 Å². The topological polar surface area (TPSA) is 108 Å². The number of amides is 2. The number of methoxy groups -OCH3 is 1. The van der Waals surface area contributed by atoms with E-state index in [1.165, 1.54) is 13.2 Å². The summed E-state index contributed by atoms with van der Waals surface area (Å²) < 4.78 is 10.5. The van der Waals surface area contributed by atoms with Crippen LogP contribution in [0.3, 0.4) is 0 Å². The summed E-state index contributed by atoms with van der Waals surface area (Å²) in [5.41, 5.74) is 11.7. The number of nitrogens with zero attached hydrogens (tertiary/aromatic N) is 1. The van der Waals surface area contributed by atoms with Crippen LogP contribution in [0.2, 0.25) is 0 Å². The van der Waals surface area contributed by atoms with Gasteiger partial charge in [-0.15, -0.1) is 0 Å². The molecule has 2 amide bonds. The maximum Gasteiger partial charge on any atom is 0.255 e. The lowest BCUT2D eigenvalue weighted by molar-refractivity contribution is -0.127. The largest absolute Gasteiger partial charge is 0.493 e. The van der Waals surface area contributed by atoms with Gasteiger partial charge in [-0.1, -0.05) is 6.07 Å².